The van der Waals surface area contributed by atoms with Crippen LogP contribution in [-0.4, -0.2) is 30.2 Å². The monoisotopic (exact) mass is 225 g/mol. The maximum atomic E-state index is 5.37. The van der Waals surface area contributed by atoms with Crippen molar-refractivity contribution < 1.29 is 4.74 Å². The van der Waals surface area contributed by atoms with Crippen LogP contribution in [0, 0.1) is 0 Å². The quantitative estimate of drug-likeness (QED) is 0.549. The van der Waals surface area contributed by atoms with Crippen molar-refractivity contribution in [2.75, 3.05) is 30.5 Å². The number of aromatic nitrogens is 2. The van der Waals surface area contributed by atoms with Crippen LogP contribution in [0.25, 0.3) is 0 Å². The van der Waals surface area contributed by atoms with Crippen molar-refractivity contribution >= 4 is 11.8 Å². The SMILES string of the molecule is CCN(CC)c1nc(COC)cc(NN)n1. The number of rotatable bonds is 6. The van der Waals surface area contributed by atoms with Crippen LogP contribution in [0.1, 0.15) is 19.5 Å². The Morgan fingerprint density at radius 3 is 2.56 bits per heavy atom. The van der Waals surface area contributed by atoms with Crippen molar-refractivity contribution in [3.63, 3.8) is 0 Å². The molecule has 90 valence electrons. The normalized spacial score (nSPS) is 10.2. The van der Waals surface area contributed by atoms with E-state index in [-0.39, 0.29) is 0 Å². The number of nitrogens with one attached hydrogen (secondary N) is 1. The van der Waals surface area contributed by atoms with Crippen molar-refractivity contribution in [1.29, 1.82) is 0 Å². The molecule has 0 aromatic carbocycles. The molecule has 0 unspecified atom stereocenters. The van der Waals surface area contributed by atoms with Gasteiger partial charge in [0.1, 0.15) is 5.82 Å². The van der Waals surface area contributed by atoms with E-state index in [1.165, 1.54) is 0 Å². The number of hydrogen-bond acceptors (Lipinski definition) is 6. The first-order valence-corrected chi connectivity index (χ1v) is 5.33. The standard InChI is InChI=1S/C10H19N5O/c1-4-15(5-2)10-12-8(7-16-3)6-9(13-10)14-11/h6H,4-5,7,11H2,1-3H3,(H,12,13,14). The molecule has 0 aliphatic heterocycles. The number of hydrogen-bond donors (Lipinski definition) is 2. The van der Waals surface area contributed by atoms with Crippen molar-refractivity contribution in [1.82, 2.24) is 9.97 Å². The zero-order chi connectivity index (χ0) is 12.0. The molecule has 6 nitrogen and oxygen atoms in total. The minimum atomic E-state index is 0.450. The number of nitrogens with two attached hydrogens (primary N) is 1. The van der Waals surface area contributed by atoms with Crippen LogP contribution >= 0.6 is 0 Å². The summed E-state index contributed by atoms with van der Waals surface area (Å²) in [5.41, 5.74) is 3.35. The van der Waals surface area contributed by atoms with Gasteiger partial charge in [0, 0.05) is 26.3 Å². The molecular weight excluding hydrogens is 206 g/mol. The lowest BCUT2D eigenvalue weighted by Gasteiger charge is -2.19. The summed E-state index contributed by atoms with van der Waals surface area (Å²) in [6, 6.07) is 1.77. The fraction of sp³-hybridized carbons (Fsp3) is 0.600. The van der Waals surface area contributed by atoms with Gasteiger partial charge in [-0.1, -0.05) is 0 Å². The Balaban J connectivity index is 3.02. The Hall–Kier alpha value is -1.40. The fourth-order valence-corrected chi connectivity index (χ4v) is 1.43. The van der Waals surface area contributed by atoms with Crippen LogP contribution in [0.2, 0.25) is 0 Å². The van der Waals surface area contributed by atoms with Crippen molar-refractivity contribution in [3.8, 4) is 0 Å². The molecule has 0 fully saturated rings. The highest BCUT2D eigenvalue weighted by molar-refractivity contribution is 5.42. The topological polar surface area (TPSA) is 76.3 Å². The van der Waals surface area contributed by atoms with E-state index in [0.717, 1.165) is 18.8 Å². The summed E-state index contributed by atoms with van der Waals surface area (Å²) in [4.78, 5) is 10.8. The van der Waals surface area contributed by atoms with Crippen LogP contribution < -0.4 is 16.2 Å². The molecule has 0 saturated heterocycles. The number of methoxy groups -OCH3 is 1. The molecule has 0 saturated carbocycles. The van der Waals surface area contributed by atoms with Crippen molar-refractivity contribution in [2.24, 2.45) is 5.84 Å². The highest BCUT2D eigenvalue weighted by atomic mass is 16.5. The molecule has 0 bridgehead atoms. The number of hydrazine groups is 1. The van der Waals surface area contributed by atoms with Gasteiger partial charge in [-0.05, 0) is 13.8 Å². The maximum Gasteiger partial charge on any atom is 0.227 e. The van der Waals surface area contributed by atoms with E-state index in [9.17, 15) is 0 Å². The zero-order valence-corrected chi connectivity index (χ0v) is 10.0. The lowest BCUT2D eigenvalue weighted by Crippen LogP contribution is -2.25. The highest BCUT2D eigenvalue weighted by Crippen LogP contribution is 2.13. The molecule has 1 heterocycles. The number of ether oxygens (including phenoxy) is 1. The van der Waals surface area contributed by atoms with Crippen molar-refractivity contribution in [2.45, 2.75) is 20.5 Å². The fourth-order valence-electron chi connectivity index (χ4n) is 1.43. The van der Waals surface area contributed by atoms with Crippen LogP contribution in [0.5, 0.6) is 0 Å². The molecule has 0 aliphatic rings. The number of anilines is 2. The van der Waals surface area contributed by atoms with Gasteiger partial charge in [-0.2, -0.15) is 4.98 Å². The molecule has 1 aromatic heterocycles. The van der Waals surface area contributed by atoms with Gasteiger partial charge in [-0.3, -0.25) is 0 Å². The third kappa shape index (κ3) is 3.04. The molecule has 1 rings (SSSR count). The third-order valence-electron chi connectivity index (χ3n) is 2.25. The summed E-state index contributed by atoms with van der Waals surface area (Å²) in [6.45, 7) is 6.29. The van der Waals surface area contributed by atoms with E-state index >= 15 is 0 Å². The predicted octanol–water partition coefficient (Wildman–Crippen LogP) is 0.755. The predicted molar refractivity (Wildman–Crippen MR) is 64.1 cm³/mol. The Kier molecular flexibility index (Phi) is 4.94. The molecule has 6 heteroatoms. The molecule has 1 aromatic rings. The Labute approximate surface area is 95.8 Å². The molecule has 0 spiro atoms. The second-order valence-corrected chi connectivity index (χ2v) is 3.29. The first-order chi connectivity index (χ1) is 7.74. The smallest absolute Gasteiger partial charge is 0.227 e. The third-order valence-corrected chi connectivity index (χ3v) is 2.25. The van der Waals surface area contributed by atoms with Gasteiger partial charge in [-0.15, -0.1) is 0 Å². The summed E-state index contributed by atoms with van der Waals surface area (Å²) in [5, 5.41) is 0. The van der Waals surface area contributed by atoms with Gasteiger partial charge in [0.2, 0.25) is 5.95 Å². The number of nitrogen functional groups attached to an aromatic ring is 1. The van der Waals surface area contributed by atoms with Gasteiger partial charge < -0.3 is 15.1 Å². The first-order valence-electron chi connectivity index (χ1n) is 5.33. The van der Waals surface area contributed by atoms with E-state index in [2.05, 4.69) is 34.1 Å². The summed E-state index contributed by atoms with van der Waals surface area (Å²) in [5.74, 6) is 6.64. The van der Waals surface area contributed by atoms with E-state index in [1.807, 2.05) is 0 Å². The van der Waals surface area contributed by atoms with Gasteiger partial charge in [0.05, 0.1) is 12.3 Å². The molecule has 0 amide bonds. The van der Waals surface area contributed by atoms with Crippen LogP contribution in [-0.2, 0) is 11.3 Å². The first kappa shape index (κ1) is 12.7. The lowest BCUT2D eigenvalue weighted by molar-refractivity contribution is 0.181. The molecule has 16 heavy (non-hydrogen) atoms. The Morgan fingerprint density at radius 2 is 2.06 bits per heavy atom. The van der Waals surface area contributed by atoms with Gasteiger partial charge >= 0.3 is 0 Å². The van der Waals surface area contributed by atoms with E-state index < -0.39 is 0 Å². The second-order valence-electron chi connectivity index (χ2n) is 3.29. The highest BCUT2D eigenvalue weighted by Gasteiger charge is 2.08. The molecular formula is C10H19N5O. The minimum absolute atomic E-state index is 0.450. The van der Waals surface area contributed by atoms with Crippen LogP contribution in [0.15, 0.2) is 6.07 Å². The minimum Gasteiger partial charge on any atom is -0.378 e. The average molecular weight is 225 g/mol. The van der Waals surface area contributed by atoms with Crippen LogP contribution in [0.4, 0.5) is 11.8 Å². The lowest BCUT2D eigenvalue weighted by atomic mass is 10.4. The average Bonchev–Trinajstić information content (AvgIpc) is 2.31. The summed E-state index contributed by atoms with van der Waals surface area (Å²) >= 11 is 0. The zero-order valence-electron chi connectivity index (χ0n) is 10.0. The van der Waals surface area contributed by atoms with Gasteiger partial charge in [0.15, 0.2) is 0 Å². The van der Waals surface area contributed by atoms with E-state index in [1.54, 1.807) is 13.2 Å². The Bertz CT molecular complexity index is 327. The second kappa shape index (κ2) is 6.24. The largest absolute Gasteiger partial charge is 0.378 e. The molecule has 0 aliphatic carbocycles. The summed E-state index contributed by atoms with van der Waals surface area (Å²) in [7, 11) is 1.63. The van der Waals surface area contributed by atoms with Crippen molar-refractivity contribution in [3.05, 3.63) is 11.8 Å². The van der Waals surface area contributed by atoms with Crippen LogP contribution in [0.3, 0.4) is 0 Å². The maximum absolute atomic E-state index is 5.37. The molecule has 0 atom stereocenters. The summed E-state index contributed by atoms with van der Waals surface area (Å²) in [6.07, 6.45) is 0. The number of nitrogens with zero attached hydrogens (tertiary/aromatic N) is 3. The molecule has 3 N–H and O–H groups in total. The summed E-state index contributed by atoms with van der Waals surface area (Å²) < 4.78 is 5.05. The molecule has 0 radical (unpaired) electrons. The van der Waals surface area contributed by atoms with Gasteiger partial charge in [-0.25, -0.2) is 10.8 Å². The van der Waals surface area contributed by atoms with Gasteiger partial charge in [0.25, 0.3) is 0 Å². The van der Waals surface area contributed by atoms with E-state index in [0.29, 0.717) is 18.4 Å². The Morgan fingerprint density at radius 1 is 1.38 bits per heavy atom. The van der Waals surface area contributed by atoms with E-state index in [4.69, 9.17) is 10.6 Å².